The van der Waals surface area contributed by atoms with Gasteiger partial charge in [0.1, 0.15) is 0 Å². The standard InChI is InChI=1S/C21H24ClN5O2/c1-28-18-11-8-16(14-19(18)29-2)23-21(12-4-3-5-13-21)20-24-25-26-27(20)17-9-6-15(22)7-10-17/h6-11,14,23H,3-5,12-13H2,1-2H3. The summed E-state index contributed by atoms with van der Waals surface area (Å²) < 4.78 is 12.6. The van der Waals surface area contributed by atoms with Crippen LogP contribution in [0, 0.1) is 0 Å². The van der Waals surface area contributed by atoms with Crippen LogP contribution in [0.15, 0.2) is 42.5 Å². The average Bonchev–Trinajstić information content (AvgIpc) is 3.25. The minimum atomic E-state index is -0.374. The predicted molar refractivity (Wildman–Crippen MR) is 112 cm³/mol. The Morgan fingerprint density at radius 3 is 2.38 bits per heavy atom. The minimum absolute atomic E-state index is 0.374. The number of rotatable bonds is 6. The van der Waals surface area contributed by atoms with E-state index in [1.807, 2.05) is 42.5 Å². The number of nitrogens with one attached hydrogen (secondary N) is 1. The van der Waals surface area contributed by atoms with Crippen LogP contribution in [0.25, 0.3) is 5.69 Å². The molecule has 7 nitrogen and oxygen atoms in total. The third-order valence-corrected chi connectivity index (χ3v) is 5.69. The molecule has 1 N–H and O–H groups in total. The van der Waals surface area contributed by atoms with Crippen LogP contribution in [-0.2, 0) is 5.54 Å². The maximum absolute atomic E-state index is 6.05. The summed E-state index contributed by atoms with van der Waals surface area (Å²) in [6.07, 6.45) is 5.30. The molecule has 0 radical (unpaired) electrons. The molecule has 1 fully saturated rings. The number of hydrogen-bond donors (Lipinski definition) is 1. The smallest absolute Gasteiger partial charge is 0.181 e. The first-order chi connectivity index (χ1) is 14.1. The maximum atomic E-state index is 6.05. The van der Waals surface area contributed by atoms with Gasteiger partial charge in [0.2, 0.25) is 0 Å². The van der Waals surface area contributed by atoms with E-state index in [2.05, 4.69) is 20.8 Å². The first kappa shape index (κ1) is 19.5. The third-order valence-electron chi connectivity index (χ3n) is 5.44. The summed E-state index contributed by atoms with van der Waals surface area (Å²) in [6, 6.07) is 13.4. The van der Waals surface area contributed by atoms with Crippen molar-refractivity contribution >= 4 is 17.3 Å². The molecule has 1 aromatic heterocycles. The maximum Gasteiger partial charge on any atom is 0.181 e. The van der Waals surface area contributed by atoms with E-state index in [0.717, 1.165) is 42.9 Å². The van der Waals surface area contributed by atoms with Crippen LogP contribution in [0.1, 0.15) is 37.9 Å². The van der Waals surface area contributed by atoms with E-state index in [4.69, 9.17) is 21.1 Å². The normalized spacial score (nSPS) is 15.7. The summed E-state index contributed by atoms with van der Waals surface area (Å²) in [5.41, 5.74) is 1.45. The first-order valence-electron chi connectivity index (χ1n) is 9.70. The summed E-state index contributed by atoms with van der Waals surface area (Å²) in [5.74, 6) is 2.18. The Hall–Kier alpha value is -2.80. The van der Waals surface area contributed by atoms with E-state index in [-0.39, 0.29) is 5.54 Å². The number of tetrazole rings is 1. The molecule has 29 heavy (non-hydrogen) atoms. The van der Waals surface area contributed by atoms with Gasteiger partial charge >= 0.3 is 0 Å². The molecule has 1 aliphatic rings. The van der Waals surface area contributed by atoms with Crippen molar-refractivity contribution in [2.45, 2.75) is 37.6 Å². The zero-order valence-electron chi connectivity index (χ0n) is 16.6. The van der Waals surface area contributed by atoms with Crippen LogP contribution in [0.5, 0.6) is 11.5 Å². The van der Waals surface area contributed by atoms with Gasteiger partial charge in [0.05, 0.1) is 25.4 Å². The Morgan fingerprint density at radius 2 is 1.69 bits per heavy atom. The van der Waals surface area contributed by atoms with Gasteiger partial charge in [-0.05, 0) is 59.7 Å². The van der Waals surface area contributed by atoms with Gasteiger partial charge in [0.15, 0.2) is 17.3 Å². The van der Waals surface area contributed by atoms with Gasteiger partial charge in [0, 0.05) is 16.8 Å². The van der Waals surface area contributed by atoms with E-state index < -0.39 is 0 Å². The summed E-state index contributed by atoms with van der Waals surface area (Å²) in [6.45, 7) is 0. The molecule has 0 amide bonds. The van der Waals surface area contributed by atoms with Crippen molar-refractivity contribution in [3.63, 3.8) is 0 Å². The number of halogens is 1. The lowest BCUT2D eigenvalue weighted by molar-refractivity contribution is 0.309. The predicted octanol–water partition coefficient (Wildman–Crippen LogP) is 4.60. The highest BCUT2D eigenvalue weighted by atomic mass is 35.5. The molecule has 0 saturated heterocycles. The molecule has 0 aliphatic heterocycles. The fourth-order valence-electron chi connectivity index (χ4n) is 3.99. The van der Waals surface area contributed by atoms with Gasteiger partial charge in [-0.3, -0.25) is 0 Å². The number of nitrogens with zero attached hydrogens (tertiary/aromatic N) is 4. The van der Waals surface area contributed by atoms with Gasteiger partial charge in [-0.1, -0.05) is 30.9 Å². The molecule has 0 bridgehead atoms. The zero-order chi connectivity index (χ0) is 20.3. The highest BCUT2D eigenvalue weighted by molar-refractivity contribution is 6.30. The van der Waals surface area contributed by atoms with Crippen molar-refractivity contribution < 1.29 is 9.47 Å². The van der Waals surface area contributed by atoms with Gasteiger partial charge < -0.3 is 14.8 Å². The molecule has 0 atom stereocenters. The monoisotopic (exact) mass is 413 g/mol. The topological polar surface area (TPSA) is 74.1 Å². The molecule has 3 aromatic rings. The minimum Gasteiger partial charge on any atom is -0.493 e. The molecule has 1 saturated carbocycles. The lowest BCUT2D eigenvalue weighted by Gasteiger charge is -2.37. The van der Waals surface area contributed by atoms with Crippen molar-refractivity contribution in [1.29, 1.82) is 0 Å². The first-order valence-corrected chi connectivity index (χ1v) is 10.1. The lowest BCUT2D eigenvalue weighted by atomic mass is 9.80. The second-order valence-electron chi connectivity index (χ2n) is 7.23. The highest BCUT2D eigenvalue weighted by Crippen LogP contribution is 2.41. The zero-order valence-corrected chi connectivity index (χ0v) is 17.3. The highest BCUT2D eigenvalue weighted by Gasteiger charge is 2.39. The van der Waals surface area contributed by atoms with Crippen LogP contribution in [0.4, 0.5) is 5.69 Å². The summed E-state index contributed by atoms with van der Waals surface area (Å²) in [5, 5.41) is 17.1. The molecule has 1 aliphatic carbocycles. The van der Waals surface area contributed by atoms with Crippen molar-refractivity contribution in [2.24, 2.45) is 0 Å². The largest absolute Gasteiger partial charge is 0.493 e. The second-order valence-corrected chi connectivity index (χ2v) is 7.66. The van der Waals surface area contributed by atoms with Gasteiger partial charge in [0.25, 0.3) is 0 Å². The second kappa shape index (κ2) is 8.29. The number of methoxy groups -OCH3 is 2. The van der Waals surface area contributed by atoms with Crippen LogP contribution in [0.2, 0.25) is 5.02 Å². The molecule has 0 unspecified atom stereocenters. The summed E-state index contributed by atoms with van der Waals surface area (Å²) in [7, 11) is 3.27. The molecule has 152 valence electrons. The van der Waals surface area contributed by atoms with Crippen molar-refractivity contribution in [3.8, 4) is 17.2 Å². The molecule has 0 spiro atoms. The van der Waals surface area contributed by atoms with Gasteiger partial charge in [-0.2, -0.15) is 4.68 Å². The number of benzene rings is 2. The molecule has 2 aromatic carbocycles. The number of hydrogen-bond acceptors (Lipinski definition) is 6. The van der Waals surface area contributed by atoms with Crippen LogP contribution >= 0.6 is 11.6 Å². The molecular formula is C21H24ClN5O2. The van der Waals surface area contributed by atoms with Crippen molar-refractivity contribution in [2.75, 3.05) is 19.5 Å². The number of ether oxygens (including phenoxy) is 2. The Balaban J connectivity index is 1.74. The van der Waals surface area contributed by atoms with E-state index in [1.54, 1.807) is 18.9 Å². The quantitative estimate of drug-likeness (QED) is 0.636. The molecule has 1 heterocycles. The SMILES string of the molecule is COc1ccc(NC2(c3nnnn3-c3ccc(Cl)cc3)CCCCC2)cc1OC. The van der Waals surface area contributed by atoms with E-state index >= 15 is 0 Å². The molecule has 8 heteroatoms. The fraction of sp³-hybridized carbons (Fsp3) is 0.381. The van der Waals surface area contributed by atoms with Crippen molar-refractivity contribution in [3.05, 3.63) is 53.3 Å². The Bertz CT molecular complexity index is 967. The number of aromatic nitrogens is 4. The fourth-order valence-corrected chi connectivity index (χ4v) is 4.12. The van der Waals surface area contributed by atoms with Gasteiger partial charge in [-0.25, -0.2) is 0 Å². The van der Waals surface area contributed by atoms with Gasteiger partial charge in [-0.15, -0.1) is 5.10 Å². The summed E-state index contributed by atoms with van der Waals surface area (Å²) in [4.78, 5) is 0. The van der Waals surface area contributed by atoms with E-state index in [0.29, 0.717) is 16.5 Å². The number of anilines is 1. The molecular weight excluding hydrogens is 390 g/mol. The third kappa shape index (κ3) is 3.87. The summed E-state index contributed by atoms with van der Waals surface area (Å²) >= 11 is 6.05. The van der Waals surface area contributed by atoms with Crippen LogP contribution in [0.3, 0.4) is 0 Å². The van der Waals surface area contributed by atoms with Crippen LogP contribution in [-0.4, -0.2) is 34.4 Å². The molecule has 4 rings (SSSR count). The average molecular weight is 414 g/mol. The van der Waals surface area contributed by atoms with Crippen LogP contribution < -0.4 is 14.8 Å². The van der Waals surface area contributed by atoms with E-state index in [9.17, 15) is 0 Å². The van der Waals surface area contributed by atoms with Crippen molar-refractivity contribution in [1.82, 2.24) is 20.2 Å². The Morgan fingerprint density at radius 1 is 0.966 bits per heavy atom. The Labute approximate surface area is 175 Å². The Kier molecular flexibility index (Phi) is 5.58. The van der Waals surface area contributed by atoms with E-state index in [1.165, 1.54) is 6.42 Å². The lowest BCUT2D eigenvalue weighted by Crippen LogP contribution is -2.40.